The zero-order chi connectivity index (χ0) is 12.4. The van der Waals surface area contributed by atoms with Gasteiger partial charge >= 0.3 is 5.97 Å². The van der Waals surface area contributed by atoms with Crippen molar-refractivity contribution in [3.63, 3.8) is 0 Å². The van der Waals surface area contributed by atoms with Gasteiger partial charge in [0, 0.05) is 17.1 Å². The molecule has 0 aliphatic carbocycles. The Morgan fingerprint density at radius 2 is 2.00 bits per heavy atom. The fourth-order valence-electron chi connectivity index (χ4n) is 2.41. The largest absolute Gasteiger partial charge is 0.481 e. The van der Waals surface area contributed by atoms with Crippen LogP contribution in [0.5, 0.6) is 0 Å². The van der Waals surface area contributed by atoms with Gasteiger partial charge in [-0.05, 0) is 37.5 Å². The predicted octanol–water partition coefficient (Wildman–Crippen LogP) is 2.85. The van der Waals surface area contributed by atoms with Crippen LogP contribution >= 0.6 is 11.6 Å². The number of nitrogens with one attached hydrogen (secondary N) is 1. The molecule has 17 heavy (non-hydrogen) atoms. The number of halogens is 1. The van der Waals surface area contributed by atoms with Crippen LogP contribution in [0.15, 0.2) is 24.3 Å². The van der Waals surface area contributed by atoms with Gasteiger partial charge in [0.1, 0.15) is 0 Å². The molecule has 2 N–H and O–H groups in total. The minimum Gasteiger partial charge on any atom is -0.481 e. The van der Waals surface area contributed by atoms with E-state index in [1.54, 1.807) is 0 Å². The van der Waals surface area contributed by atoms with E-state index in [1.165, 1.54) is 5.56 Å². The topological polar surface area (TPSA) is 49.3 Å². The number of aliphatic carboxylic acids is 1. The highest BCUT2D eigenvalue weighted by molar-refractivity contribution is 6.30. The van der Waals surface area contributed by atoms with E-state index in [4.69, 9.17) is 16.7 Å². The predicted molar refractivity (Wildman–Crippen MR) is 67.2 cm³/mol. The van der Waals surface area contributed by atoms with E-state index in [-0.39, 0.29) is 18.0 Å². The number of carboxylic acids is 1. The Morgan fingerprint density at radius 3 is 2.53 bits per heavy atom. The highest BCUT2D eigenvalue weighted by Gasteiger charge is 2.32. The number of carboxylic acid groups (broad SMARTS) is 1. The summed E-state index contributed by atoms with van der Waals surface area (Å²) in [5, 5.41) is 13.1. The van der Waals surface area contributed by atoms with Crippen molar-refractivity contribution in [3.8, 4) is 0 Å². The Balaban J connectivity index is 2.06. The monoisotopic (exact) mass is 253 g/mol. The standard InChI is InChI=1S/C13H16ClNO2/c1-8-11(13(16)17)6-7-12(15-8)9-2-4-10(14)5-3-9/h2-5,8,11-12,15H,6-7H2,1H3,(H,16,17). The van der Waals surface area contributed by atoms with Crippen molar-refractivity contribution >= 4 is 17.6 Å². The first-order chi connectivity index (χ1) is 8.08. The van der Waals surface area contributed by atoms with Crippen LogP contribution in [0.1, 0.15) is 31.4 Å². The first-order valence-corrected chi connectivity index (χ1v) is 6.20. The number of hydrogen-bond donors (Lipinski definition) is 2. The van der Waals surface area contributed by atoms with Crippen molar-refractivity contribution in [1.82, 2.24) is 5.32 Å². The number of piperidine rings is 1. The Hall–Kier alpha value is -1.06. The third kappa shape index (κ3) is 2.79. The van der Waals surface area contributed by atoms with Crippen LogP contribution in [0, 0.1) is 5.92 Å². The maximum Gasteiger partial charge on any atom is 0.308 e. The van der Waals surface area contributed by atoms with E-state index in [0.717, 1.165) is 17.9 Å². The molecule has 0 radical (unpaired) electrons. The lowest BCUT2D eigenvalue weighted by Gasteiger charge is -2.33. The van der Waals surface area contributed by atoms with E-state index < -0.39 is 5.97 Å². The van der Waals surface area contributed by atoms with Gasteiger partial charge < -0.3 is 10.4 Å². The minimum absolute atomic E-state index is 0.00179. The summed E-state index contributed by atoms with van der Waals surface area (Å²) in [5.74, 6) is -0.988. The molecule has 3 nitrogen and oxygen atoms in total. The summed E-state index contributed by atoms with van der Waals surface area (Å²) in [6.07, 6.45) is 1.57. The number of rotatable bonds is 2. The Kier molecular flexibility index (Phi) is 3.69. The number of carbonyl (C=O) groups is 1. The van der Waals surface area contributed by atoms with Gasteiger partial charge in [-0.2, -0.15) is 0 Å². The van der Waals surface area contributed by atoms with E-state index in [2.05, 4.69) is 5.32 Å². The van der Waals surface area contributed by atoms with E-state index in [9.17, 15) is 4.79 Å². The van der Waals surface area contributed by atoms with Crippen LogP contribution < -0.4 is 5.32 Å². The smallest absolute Gasteiger partial charge is 0.308 e. The molecule has 1 fully saturated rings. The number of benzene rings is 1. The second-order valence-corrected chi connectivity index (χ2v) is 5.02. The van der Waals surface area contributed by atoms with Gasteiger partial charge in [-0.3, -0.25) is 4.79 Å². The molecule has 3 atom stereocenters. The molecule has 92 valence electrons. The van der Waals surface area contributed by atoms with E-state index >= 15 is 0 Å². The molecule has 1 aromatic carbocycles. The average molecular weight is 254 g/mol. The summed E-state index contributed by atoms with van der Waals surface area (Å²) < 4.78 is 0. The summed E-state index contributed by atoms with van der Waals surface area (Å²) in [7, 11) is 0. The van der Waals surface area contributed by atoms with Gasteiger partial charge in [0.25, 0.3) is 0 Å². The molecular formula is C13H16ClNO2. The minimum atomic E-state index is -0.709. The quantitative estimate of drug-likeness (QED) is 0.852. The Labute approximate surface area is 106 Å². The Morgan fingerprint density at radius 1 is 1.35 bits per heavy atom. The molecule has 3 unspecified atom stereocenters. The molecule has 0 aromatic heterocycles. The van der Waals surface area contributed by atoms with Crippen LogP contribution in [0.25, 0.3) is 0 Å². The average Bonchev–Trinajstić information content (AvgIpc) is 2.29. The maximum absolute atomic E-state index is 11.0. The molecule has 0 bridgehead atoms. The summed E-state index contributed by atoms with van der Waals surface area (Å²) in [6.45, 7) is 1.93. The molecule has 1 aliphatic heterocycles. The van der Waals surface area contributed by atoms with Crippen LogP contribution in [-0.2, 0) is 4.79 Å². The summed E-state index contributed by atoms with van der Waals surface area (Å²) in [5.41, 5.74) is 1.17. The lowest BCUT2D eigenvalue weighted by molar-refractivity contribution is -0.143. The molecule has 0 saturated carbocycles. The first-order valence-electron chi connectivity index (χ1n) is 5.82. The molecule has 1 saturated heterocycles. The summed E-state index contributed by atoms with van der Waals surface area (Å²) in [4.78, 5) is 11.0. The van der Waals surface area contributed by atoms with Crippen LogP contribution in [0.2, 0.25) is 5.02 Å². The SMILES string of the molecule is CC1NC(c2ccc(Cl)cc2)CCC1C(=O)O. The fourth-order valence-corrected chi connectivity index (χ4v) is 2.53. The van der Waals surface area contributed by atoms with Crippen molar-refractivity contribution in [2.75, 3.05) is 0 Å². The van der Waals surface area contributed by atoms with Crippen molar-refractivity contribution in [1.29, 1.82) is 0 Å². The highest BCUT2D eigenvalue weighted by atomic mass is 35.5. The zero-order valence-corrected chi connectivity index (χ0v) is 10.4. The third-order valence-corrected chi connectivity index (χ3v) is 3.68. The number of hydrogen-bond acceptors (Lipinski definition) is 2. The van der Waals surface area contributed by atoms with Crippen molar-refractivity contribution in [3.05, 3.63) is 34.9 Å². The van der Waals surface area contributed by atoms with Crippen LogP contribution in [0.3, 0.4) is 0 Å². The molecule has 1 aromatic rings. The summed E-state index contributed by atoms with van der Waals surface area (Å²) >= 11 is 5.85. The van der Waals surface area contributed by atoms with E-state index in [1.807, 2.05) is 31.2 Å². The lowest BCUT2D eigenvalue weighted by atomic mass is 9.86. The van der Waals surface area contributed by atoms with Crippen LogP contribution in [-0.4, -0.2) is 17.1 Å². The first kappa shape index (κ1) is 12.4. The third-order valence-electron chi connectivity index (χ3n) is 3.42. The second-order valence-electron chi connectivity index (χ2n) is 4.58. The Bertz CT molecular complexity index is 404. The zero-order valence-electron chi connectivity index (χ0n) is 9.69. The van der Waals surface area contributed by atoms with Crippen molar-refractivity contribution in [2.45, 2.75) is 31.8 Å². The molecule has 2 rings (SSSR count). The lowest BCUT2D eigenvalue weighted by Crippen LogP contribution is -2.44. The second kappa shape index (κ2) is 5.07. The van der Waals surface area contributed by atoms with Gasteiger partial charge in [-0.25, -0.2) is 0 Å². The van der Waals surface area contributed by atoms with Gasteiger partial charge in [-0.1, -0.05) is 23.7 Å². The van der Waals surface area contributed by atoms with Crippen molar-refractivity contribution < 1.29 is 9.90 Å². The van der Waals surface area contributed by atoms with Gasteiger partial charge in [0.05, 0.1) is 5.92 Å². The van der Waals surface area contributed by atoms with Gasteiger partial charge in [0.15, 0.2) is 0 Å². The molecule has 0 amide bonds. The van der Waals surface area contributed by atoms with Crippen LogP contribution in [0.4, 0.5) is 0 Å². The van der Waals surface area contributed by atoms with Crippen molar-refractivity contribution in [2.24, 2.45) is 5.92 Å². The normalized spacial score (nSPS) is 28.9. The molecule has 0 spiro atoms. The molecule has 1 heterocycles. The highest BCUT2D eigenvalue weighted by Crippen LogP contribution is 2.29. The molecule has 1 aliphatic rings. The molecule has 4 heteroatoms. The fraction of sp³-hybridized carbons (Fsp3) is 0.462. The summed E-state index contributed by atoms with van der Waals surface area (Å²) in [6, 6.07) is 7.96. The maximum atomic E-state index is 11.0. The van der Waals surface area contributed by atoms with E-state index in [0.29, 0.717) is 0 Å². The van der Waals surface area contributed by atoms with Gasteiger partial charge in [-0.15, -0.1) is 0 Å². The van der Waals surface area contributed by atoms with Gasteiger partial charge in [0.2, 0.25) is 0 Å². The molecular weight excluding hydrogens is 238 g/mol.